The molecule has 1 aromatic rings. The Morgan fingerprint density at radius 2 is 2.11 bits per heavy atom. The van der Waals surface area contributed by atoms with Gasteiger partial charge in [0.05, 0.1) is 12.2 Å². The highest BCUT2D eigenvalue weighted by atomic mass is 16.5. The van der Waals surface area contributed by atoms with E-state index in [-0.39, 0.29) is 6.10 Å². The second-order valence-electron chi connectivity index (χ2n) is 5.74. The van der Waals surface area contributed by atoms with Gasteiger partial charge in [-0.2, -0.15) is 0 Å². The molecule has 4 atom stereocenters. The Hall–Kier alpha value is -1.22. The fourth-order valence-electron chi connectivity index (χ4n) is 3.42. The summed E-state index contributed by atoms with van der Waals surface area (Å²) in [6, 6.07) is 4.34. The van der Waals surface area contributed by atoms with Gasteiger partial charge in [-0.15, -0.1) is 0 Å². The van der Waals surface area contributed by atoms with Gasteiger partial charge >= 0.3 is 0 Å². The zero-order valence-electron chi connectivity index (χ0n) is 11.4. The van der Waals surface area contributed by atoms with Crippen LogP contribution >= 0.6 is 0 Å². The highest BCUT2D eigenvalue weighted by molar-refractivity contribution is 5.69. The molecule has 1 aliphatic heterocycles. The summed E-state index contributed by atoms with van der Waals surface area (Å²) in [5, 5.41) is 3.54. The van der Waals surface area contributed by atoms with Crippen LogP contribution in [0.3, 0.4) is 0 Å². The van der Waals surface area contributed by atoms with E-state index in [2.05, 4.69) is 38.2 Å². The molecule has 0 saturated heterocycles. The Morgan fingerprint density at radius 1 is 1.33 bits per heavy atom. The average molecular weight is 246 g/mol. The van der Waals surface area contributed by atoms with E-state index in [1.807, 2.05) is 0 Å². The number of rotatable bonds is 1. The van der Waals surface area contributed by atoms with Crippen LogP contribution in [0.25, 0.3) is 0 Å². The zero-order chi connectivity index (χ0) is 12.9. The maximum Gasteiger partial charge on any atom is 0.143 e. The van der Waals surface area contributed by atoms with Gasteiger partial charge in [-0.05, 0) is 42.5 Å². The van der Waals surface area contributed by atoms with Crippen molar-refractivity contribution in [1.82, 2.24) is 0 Å². The van der Waals surface area contributed by atoms with Crippen molar-refractivity contribution in [2.75, 3.05) is 18.4 Å². The minimum Gasteiger partial charge on any atom is -0.487 e. The summed E-state index contributed by atoms with van der Waals surface area (Å²) in [5.74, 6) is 2.64. The van der Waals surface area contributed by atoms with Crippen molar-refractivity contribution >= 4 is 5.69 Å². The maximum absolute atomic E-state index is 5.99. The van der Waals surface area contributed by atoms with E-state index in [4.69, 9.17) is 10.5 Å². The van der Waals surface area contributed by atoms with Crippen molar-refractivity contribution in [2.24, 2.45) is 11.7 Å². The van der Waals surface area contributed by atoms with Crippen molar-refractivity contribution in [1.29, 1.82) is 0 Å². The highest BCUT2D eigenvalue weighted by Crippen LogP contribution is 2.51. The molecule has 0 spiro atoms. The van der Waals surface area contributed by atoms with Crippen LogP contribution < -0.4 is 15.8 Å². The monoisotopic (exact) mass is 246 g/mol. The van der Waals surface area contributed by atoms with E-state index in [1.165, 1.54) is 16.8 Å². The minimum atomic E-state index is 0.239. The molecule has 1 aliphatic carbocycles. The Bertz CT molecular complexity index is 472. The molecule has 0 aromatic heterocycles. The van der Waals surface area contributed by atoms with E-state index >= 15 is 0 Å². The zero-order valence-corrected chi connectivity index (χ0v) is 11.4. The first-order valence-electron chi connectivity index (χ1n) is 6.90. The molecule has 0 fully saturated rings. The number of ether oxygens (including phenoxy) is 1. The number of hydrogen-bond acceptors (Lipinski definition) is 3. The predicted octanol–water partition coefficient (Wildman–Crippen LogP) is 2.67. The van der Waals surface area contributed by atoms with Gasteiger partial charge in [-0.25, -0.2) is 0 Å². The normalized spacial score (nSPS) is 33.3. The first kappa shape index (κ1) is 11.8. The Morgan fingerprint density at radius 3 is 2.83 bits per heavy atom. The summed E-state index contributed by atoms with van der Waals surface area (Å²) in [7, 11) is 0. The first-order valence-corrected chi connectivity index (χ1v) is 6.90. The molecule has 0 radical (unpaired) electrons. The minimum absolute atomic E-state index is 0.239. The highest BCUT2D eigenvalue weighted by Gasteiger charge is 2.38. The molecule has 18 heavy (non-hydrogen) atoms. The van der Waals surface area contributed by atoms with Crippen molar-refractivity contribution in [2.45, 2.75) is 38.7 Å². The molecular weight excluding hydrogens is 224 g/mol. The van der Waals surface area contributed by atoms with Crippen molar-refractivity contribution in [3.63, 3.8) is 0 Å². The summed E-state index contributed by atoms with van der Waals surface area (Å²) >= 11 is 0. The van der Waals surface area contributed by atoms with Gasteiger partial charge in [0.15, 0.2) is 0 Å². The van der Waals surface area contributed by atoms with Gasteiger partial charge in [-0.1, -0.05) is 19.9 Å². The molecule has 0 saturated carbocycles. The molecule has 3 rings (SSSR count). The second-order valence-corrected chi connectivity index (χ2v) is 5.74. The number of fused-ring (bicyclic) bond motifs is 3. The number of nitrogens with one attached hydrogen (secondary N) is 1. The lowest BCUT2D eigenvalue weighted by atomic mass is 9.89. The fraction of sp³-hybridized carbons (Fsp3) is 0.600. The van der Waals surface area contributed by atoms with Crippen LogP contribution in [0.15, 0.2) is 12.1 Å². The van der Waals surface area contributed by atoms with Crippen molar-refractivity contribution in [3.8, 4) is 5.75 Å². The van der Waals surface area contributed by atoms with Crippen LogP contribution in [0.2, 0.25) is 0 Å². The third kappa shape index (κ3) is 1.53. The molecule has 1 aromatic carbocycles. The Balaban J connectivity index is 2.13. The molecule has 2 aliphatic rings. The Labute approximate surface area is 109 Å². The number of nitrogens with two attached hydrogens (primary N) is 1. The molecule has 3 N–H and O–H groups in total. The summed E-state index contributed by atoms with van der Waals surface area (Å²) in [6.07, 6.45) is 0.239. The average Bonchev–Trinajstić information content (AvgIpc) is 2.61. The third-order valence-electron chi connectivity index (χ3n) is 4.67. The molecule has 0 bridgehead atoms. The number of benzene rings is 1. The van der Waals surface area contributed by atoms with E-state index in [0.29, 0.717) is 24.3 Å². The first-order chi connectivity index (χ1) is 8.63. The molecule has 3 heteroatoms. The quantitative estimate of drug-likeness (QED) is 0.801. The van der Waals surface area contributed by atoms with Crippen LogP contribution in [0.5, 0.6) is 5.75 Å². The van der Waals surface area contributed by atoms with E-state index in [1.54, 1.807) is 0 Å². The van der Waals surface area contributed by atoms with Gasteiger partial charge in [0, 0.05) is 5.92 Å². The Kier molecular flexibility index (Phi) is 2.74. The van der Waals surface area contributed by atoms with Crippen LogP contribution in [0.4, 0.5) is 5.69 Å². The van der Waals surface area contributed by atoms with Gasteiger partial charge in [0.2, 0.25) is 0 Å². The van der Waals surface area contributed by atoms with E-state index in [0.717, 1.165) is 12.3 Å². The lowest BCUT2D eigenvalue weighted by Crippen LogP contribution is -2.29. The van der Waals surface area contributed by atoms with Gasteiger partial charge in [-0.3, -0.25) is 0 Å². The molecule has 1 heterocycles. The van der Waals surface area contributed by atoms with Crippen LogP contribution in [-0.2, 0) is 0 Å². The lowest BCUT2D eigenvalue weighted by molar-refractivity contribution is 0.225. The fourth-order valence-corrected chi connectivity index (χ4v) is 3.42. The standard InChI is InChI=1S/C15H22N2O/c1-8-7-17-15-13(18-8)5-4-11-9(2)10(3)12(6-16)14(11)15/h4-5,8-10,12,17H,6-7,16H2,1-3H3. The SMILES string of the molecule is CC1CNc2c(ccc3c2C(CN)C(C)C3C)O1. The molecule has 98 valence electrons. The van der Waals surface area contributed by atoms with E-state index in [9.17, 15) is 0 Å². The van der Waals surface area contributed by atoms with Crippen LogP contribution in [0, 0.1) is 5.92 Å². The summed E-state index contributed by atoms with van der Waals surface area (Å²) in [5.41, 5.74) is 10.0. The number of anilines is 1. The molecular formula is C15H22N2O. The molecule has 3 nitrogen and oxygen atoms in total. The van der Waals surface area contributed by atoms with Gasteiger partial charge in [0.1, 0.15) is 11.9 Å². The topological polar surface area (TPSA) is 47.3 Å². The number of hydrogen-bond donors (Lipinski definition) is 2. The molecule has 4 unspecified atom stereocenters. The smallest absolute Gasteiger partial charge is 0.143 e. The lowest BCUT2D eigenvalue weighted by Gasteiger charge is -2.28. The van der Waals surface area contributed by atoms with Crippen molar-refractivity contribution < 1.29 is 4.74 Å². The van der Waals surface area contributed by atoms with E-state index < -0.39 is 0 Å². The summed E-state index contributed by atoms with van der Waals surface area (Å²) < 4.78 is 5.92. The van der Waals surface area contributed by atoms with Crippen LogP contribution in [0.1, 0.15) is 43.7 Å². The second kappa shape index (κ2) is 4.16. The molecule has 0 amide bonds. The largest absolute Gasteiger partial charge is 0.487 e. The maximum atomic E-state index is 5.99. The van der Waals surface area contributed by atoms with Gasteiger partial charge < -0.3 is 15.8 Å². The van der Waals surface area contributed by atoms with Gasteiger partial charge in [0.25, 0.3) is 0 Å². The third-order valence-corrected chi connectivity index (χ3v) is 4.67. The summed E-state index contributed by atoms with van der Waals surface area (Å²) in [4.78, 5) is 0. The van der Waals surface area contributed by atoms with Crippen molar-refractivity contribution in [3.05, 3.63) is 23.3 Å². The van der Waals surface area contributed by atoms with Crippen LogP contribution in [-0.4, -0.2) is 19.2 Å². The predicted molar refractivity (Wildman–Crippen MR) is 74.4 cm³/mol. The summed E-state index contributed by atoms with van der Waals surface area (Å²) in [6.45, 7) is 8.29.